The molecule has 1 heterocycles. The van der Waals surface area contributed by atoms with Gasteiger partial charge in [0.2, 0.25) is 5.88 Å². The van der Waals surface area contributed by atoms with Crippen molar-refractivity contribution in [3.63, 3.8) is 0 Å². The van der Waals surface area contributed by atoms with E-state index in [-0.39, 0.29) is 0 Å². The van der Waals surface area contributed by atoms with E-state index in [1.54, 1.807) is 0 Å². The van der Waals surface area contributed by atoms with Crippen LogP contribution in [0, 0.1) is 5.92 Å². The van der Waals surface area contributed by atoms with Crippen molar-refractivity contribution in [1.82, 2.24) is 10.3 Å². The molecule has 0 saturated carbocycles. The molecule has 0 saturated heterocycles. The molecule has 1 aromatic heterocycles. The highest BCUT2D eigenvalue weighted by Gasteiger charge is 2.01. The molecule has 0 aliphatic rings. The van der Waals surface area contributed by atoms with Crippen molar-refractivity contribution in [2.45, 2.75) is 46.7 Å². The van der Waals surface area contributed by atoms with Gasteiger partial charge in [-0.3, -0.25) is 0 Å². The maximum Gasteiger partial charge on any atom is 0.213 e. The Hall–Kier alpha value is -1.09. The van der Waals surface area contributed by atoms with Crippen LogP contribution in [-0.2, 0) is 6.54 Å². The van der Waals surface area contributed by atoms with Gasteiger partial charge in [0.1, 0.15) is 0 Å². The fourth-order valence-electron chi connectivity index (χ4n) is 1.34. The Morgan fingerprint density at radius 3 is 2.65 bits per heavy atom. The van der Waals surface area contributed by atoms with Gasteiger partial charge in [0.05, 0.1) is 12.3 Å². The standard InChI is InChI=1S/C14H24N2O/c1-11(2)8-9-17-14-7-5-6-13(16-14)10-15-12(3)4/h5-7,11-12,15H,8-10H2,1-4H3. The van der Waals surface area contributed by atoms with E-state index in [2.05, 4.69) is 38.0 Å². The van der Waals surface area contributed by atoms with E-state index in [0.717, 1.165) is 31.1 Å². The molecule has 0 aromatic carbocycles. The third-order valence-electron chi connectivity index (χ3n) is 2.42. The van der Waals surface area contributed by atoms with Crippen LogP contribution in [0.5, 0.6) is 5.88 Å². The second-order valence-electron chi connectivity index (χ2n) is 5.03. The predicted octanol–water partition coefficient (Wildman–Crippen LogP) is 3.00. The van der Waals surface area contributed by atoms with Gasteiger partial charge in [-0.15, -0.1) is 0 Å². The van der Waals surface area contributed by atoms with Crippen molar-refractivity contribution < 1.29 is 4.74 Å². The highest BCUT2D eigenvalue weighted by Crippen LogP contribution is 2.09. The number of hydrogen-bond donors (Lipinski definition) is 1. The van der Waals surface area contributed by atoms with Crippen LogP contribution in [0.3, 0.4) is 0 Å². The van der Waals surface area contributed by atoms with Crippen LogP contribution in [0.2, 0.25) is 0 Å². The van der Waals surface area contributed by atoms with Crippen molar-refractivity contribution in [2.75, 3.05) is 6.61 Å². The zero-order valence-electron chi connectivity index (χ0n) is 11.4. The van der Waals surface area contributed by atoms with Gasteiger partial charge < -0.3 is 10.1 Å². The summed E-state index contributed by atoms with van der Waals surface area (Å²) in [7, 11) is 0. The van der Waals surface area contributed by atoms with Crippen molar-refractivity contribution in [3.8, 4) is 5.88 Å². The minimum atomic E-state index is 0.474. The van der Waals surface area contributed by atoms with Gasteiger partial charge >= 0.3 is 0 Å². The quantitative estimate of drug-likeness (QED) is 0.790. The maximum atomic E-state index is 5.63. The average molecular weight is 236 g/mol. The van der Waals surface area contributed by atoms with Crippen LogP contribution >= 0.6 is 0 Å². The summed E-state index contributed by atoms with van der Waals surface area (Å²) in [4.78, 5) is 4.46. The number of ether oxygens (including phenoxy) is 1. The molecule has 0 spiro atoms. The van der Waals surface area contributed by atoms with E-state index >= 15 is 0 Å². The van der Waals surface area contributed by atoms with Crippen molar-refractivity contribution >= 4 is 0 Å². The summed E-state index contributed by atoms with van der Waals surface area (Å²) in [6.45, 7) is 10.2. The second-order valence-corrected chi connectivity index (χ2v) is 5.03. The van der Waals surface area contributed by atoms with Gasteiger partial charge in [-0.1, -0.05) is 33.8 Å². The molecule has 1 rings (SSSR count). The Bertz CT molecular complexity index is 324. The topological polar surface area (TPSA) is 34.1 Å². The van der Waals surface area contributed by atoms with Gasteiger partial charge in [-0.05, 0) is 18.4 Å². The summed E-state index contributed by atoms with van der Waals surface area (Å²) in [5, 5.41) is 3.35. The molecule has 0 aliphatic heterocycles. The molecule has 96 valence electrons. The van der Waals surface area contributed by atoms with E-state index < -0.39 is 0 Å². The molecular formula is C14H24N2O. The van der Waals surface area contributed by atoms with Crippen LogP contribution in [0.4, 0.5) is 0 Å². The van der Waals surface area contributed by atoms with Gasteiger partial charge in [0, 0.05) is 18.7 Å². The highest BCUT2D eigenvalue weighted by atomic mass is 16.5. The average Bonchev–Trinajstić information content (AvgIpc) is 2.26. The van der Waals surface area contributed by atoms with Gasteiger partial charge in [-0.2, -0.15) is 0 Å². The minimum Gasteiger partial charge on any atom is -0.478 e. The summed E-state index contributed by atoms with van der Waals surface area (Å²) in [6.07, 6.45) is 1.07. The van der Waals surface area contributed by atoms with E-state index in [9.17, 15) is 0 Å². The molecule has 0 aliphatic carbocycles. The zero-order chi connectivity index (χ0) is 12.7. The van der Waals surface area contributed by atoms with Crippen LogP contribution in [0.1, 0.15) is 39.8 Å². The zero-order valence-corrected chi connectivity index (χ0v) is 11.4. The minimum absolute atomic E-state index is 0.474. The van der Waals surface area contributed by atoms with Gasteiger partial charge in [0.25, 0.3) is 0 Å². The molecule has 0 fully saturated rings. The third kappa shape index (κ3) is 6.27. The SMILES string of the molecule is CC(C)CCOc1cccc(CNC(C)C)n1. The first-order chi connectivity index (χ1) is 8.08. The molecule has 3 nitrogen and oxygen atoms in total. The Morgan fingerprint density at radius 1 is 1.24 bits per heavy atom. The van der Waals surface area contributed by atoms with E-state index in [1.807, 2.05) is 18.2 Å². The van der Waals surface area contributed by atoms with Crippen LogP contribution in [-0.4, -0.2) is 17.6 Å². The monoisotopic (exact) mass is 236 g/mol. The fraction of sp³-hybridized carbons (Fsp3) is 0.643. The first kappa shape index (κ1) is 14.0. The van der Waals surface area contributed by atoms with Crippen LogP contribution < -0.4 is 10.1 Å². The molecule has 0 atom stereocenters. The molecule has 1 N–H and O–H groups in total. The summed E-state index contributed by atoms with van der Waals surface area (Å²) < 4.78 is 5.63. The van der Waals surface area contributed by atoms with Crippen molar-refractivity contribution in [3.05, 3.63) is 23.9 Å². The number of nitrogens with one attached hydrogen (secondary N) is 1. The number of hydrogen-bond acceptors (Lipinski definition) is 3. The molecule has 17 heavy (non-hydrogen) atoms. The number of rotatable bonds is 7. The molecule has 0 bridgehead atoms. The molecule has 0 radical (unpaired) electrons. The highest BCUT2D eigenvalue weighted by molar-refractivity contribution is 5.15. The number of aromatic nitrogens is 1. The predicted molar refractivity (Wildman–Crippen MR) is 71.2 cm³/mol. The summed E-state index contributed by atoms with van der Waals surface area (Å²) in [5.41, 5.74) is 1.03. The fourth-order valence-corrected chi connectivity index (χ4v) is 1.34. The van der Waals surface area contributed by atoms with E-state index in [4.69, 9.17) is 4.74 Å². The molecule has 0 amide bonds. The Morgan fingerprint density at radius 2 is 2.00 bits per heavy atom. The molecule has 0 unspecified atom stereocenters. The van der Waals surface area contributed by atoms with Crippen LogP contribution in [0.25, 0.3) is 0 Å². The first-order valence-electron chi connectivity index (χ1n) is 6.40. The lowest BCUT2D eigenvalue weighted by molar-refractivity contribution is 0.278. The lowest BCUT2D eigenvalue weighted by atomic mass is 10.1. The first-order valence-corrected chi connectivity index (χ1v) is 6.40. The van der Waals surface area contributed by atoms with E-state index in [0.29, 0.717) is 12.0 Å². The van der Waals surface area contributed by atoms with Crippen molar-refractivity contribution in [2.24, 2.45) is 5.92 Å². The summed E-state index contributed by atoms with van der Waals surface area (Å²) in [6, 6.07) is 6.40. The van der Waals surface area contributed by atoms with Gasteiger partial charge in [-0.25, -0.2) is 4.98 Å². The molecular weight excluding hydrogens is 212 g/mol. The van der Waals surface area contributed by atoms with Crippen LogP contribution in [0.15, 0.2) is 18.2 Å². The normalized spacial score (nSPS) is 11.2. The molecule has 3 heteroatoms. The lowest BCUT2D eigenvalue weighted by Gasteiger charge is -2.10. The van der Waals surface area contributed by atoms with Gasteiger partial charge in [0.15, 0.2) is 0 Å². The Labute approximate surface area is 105 Å². The largest absolute Gasteiger partial charge is 0.478 e. The summed E-state index contributed by atoms with van der Waals surface area (Å²) >= 11 is 0. The second kappa shape index (κ2) is 7.28. The summed E-state index contributed by atoms with van der Waals surface area (Å²) in [5.74, 6) is 1.40. The number of nitrogens with zero attached hydrogens (tertiary/aromatic N) is 1. The Balaban J connectivity index is 2.42. The van der Waals surface area contributed by atoms with Crippen molar-refractivity contribution in [1.29, 1.82) is 0 Å². The number of pyridine rings is 1. The third-order valence-corrected chi connectivity index (χ3v) is 2.42. The van der Waals surface area contributed by atoms with E-state index in [1.165, 1.54) is 0 Å². The lowest BCUT2D eigenvalue weighted by Crippen LogP contribution is -2.22. The smallest absolute Gasteiger partial charge is 0.213 e. The molecule has 1 aromatic rings. The Kier molecular flexibility index (Phi) is 5.98. The maximum absolute atomic E-state index is 5.63.